The highest BCUT2D eigenvalue weighted by atomic mass is 35.5. The number of hydrogen-bond acceptors (Lipinski definition) is 2. The van der Waals surface area contributed by atoms with E-state index < -0.39 is 18.9 Å². The molecule has 0 saturated heterocycles. The van der Waals surface area contributed by atoms with Gasteiger partial charge in [-0.15, -0.1) is 0 Å². The average molecular weight is 288 g/mol. The summed E-state index contributed by atoms with van der Waals surface area (Å²) in [6, 6.07) is 4.35. The van der Waals surface area contributed by atoms with Gasteiger partial charge in [-0.2, -0.15) is 0 Å². The number of benzene rings is 1. The molecule has 0 aliphatic heterocycles. The van der Waals surface area contributed by atoms with Crippen LogP contribution < -0.4 is 5.32 Å². The van der Waals surface area contributed by atoms with Gasteiger partial charge in [0.05, 0.1) is 18.2 Å². The summed E-state index contributed by atoms with van der Waals surface area (Å²) in [5, 5.41) is 10.9. The molecular weight excluding hydrogens is 276 g/mol. The number of rotatable bonds is 4. The Morgan fingerprint density at radius 2 is 2.21 bits per heavy atom. The molecule has 1 aromatic carbocycles. The number of hydrogen-bond donors (Lipinski definition) is 2. The second-order valence-corrected chi connectivity index (χ2v) is 3.98. The van der Waals surface area contributed by atoms with E-state index in [0.717, 1.165) is 0 Å². The number of carbonyl (C=O) groups excluding carboxylic acids is 1. The van der Waals surface area contributed by atoms with Crippen LogP contribution in [0.2, 0.25) is 5.02 Å². The van der Waals surface area contributed by atoms with Gasteiger partial charge in [-0.05, 0) is 18.2 Å². The Bertz CT molecular complexity index is 509. The Balaban J connectivity index is 2.77. The minimum Gasteiger partial charge on any atom is -0.395 e. The van der Waals surface area contributed by atoms with Gasteiger partial charge in [0, 0.05) is 17.5 Å². The third kappa shape index (κ3) is 5.25. The van der Waals surface area contributed by atoms with Crippen LogP contribution in [-0.2, 0) is 0 Å². The lowest BCUT2D eigenvalue weighted by Gasteiger charge is -2.05. The number of amides is 1. The third-order valence-electron chi connectivity index (χ3n) is 2.11. The molecule has 0 spiro atoms. The van der Waals surface area contributed by atoms with Gasteiger partial charge in [-0.3, -0.25) is 4.79 Å². The lowest BCUT2D eigenvalue weighted by Crippen LogP contribution is -2.28. The maximum absolute atomic E-state index is 11.9. The second kappa shape index (κ2) is 7.72. The molecule has 0 saturated carbocycles. The molecule has 0 atom stereocenters. The van der Waals surface area contributed by atoms with Gasteiger partial charge < -0.3 is 10.4 Å². The van der Waals surface area contributed by atoms with Crippen LogP contribution in [0, 0.1) is 11.8 Å². The van der Waals surface area contributed by atoms with Gasteiger partial charge in [0.25, 0.3) is 12.3 Å². The van der Waals surface area contributed by atoms with E-state index in [1.807, 2.05) is 0 Å². The predicted octanol–water partition coefficient (Wildman–Crippen LogP) is 2.07. The van der Waals surface area contributed by atoms with Gasteiger partial charge >= 0.3 is 0 Å². The molecule has 0 aliphatic carbocycles. The number of aliphatic hydroxyl groups excluding tert-OH is 1. The standard InChI is InChI=1S/C13H12ClF2NO2/c14-11-7-10(13(19)17-8-12(15)16)5-4-9(11)3-1-2-6-18/h4-5,7,12,18H,2,6,8H2,(H,17,19). The molecule has 6 heteroatoms. The molecule has 0 radical (unpaired) electrons. The lowest BCUT2D eigenvalue weighted by atomic mass is 10.1. The fourth-order valence-corrected chi connectivity index (χ4v) is 1.47. The van der Waals surface area contributed by atoms with E-state index in [1.165, 1.54) is 18.2 Å². The van der Waals surface area contributed by atoms with Crippen LogP contribution in [0.15, 0.2) is 18.2 Å². The average Bonchev–Trinajstić information content (AvgIpc) is 2.38. The van der Waals surface area contributed by atoms with E-state index in [-0.39, 0.29) is 17.2 Å². The Morgan fingerprint density at radius 3 is 2.79 bits per heavy atom. The van der Waals surface area contributed by atoms with E-state index in [2.05, 4.69) is 17.2 Å². The Morgan fingerprint density at radius 1 is 1.47 bits per heavy atom. The van der Waals surface area contributed by atoms with Crippen molar-refractivity contribution < 1.29 is 18.7 Å². The summed E-state index contributed by atoms with van der Waals surface area (Å²) in [7, 11) is 0. The number of halogens is 3. The zero-order chi connectivity index (χ0) is 14.3. The second-order valence-electron chi connectivity index (χ2n) is 3.57. The van der Waals surface area contributed by atoms with Gasteiger partial charge in [-0.1, -0.05) is 23.4 Å². The first-order valence-corrected chi connectivity index (χ1v) is 5.88. The molecule has 0 unspecified atom stereocenters. The summed E-state index contributed by atoms with van der Waals surface area (Å²) < 4.78 is 23.9. The molecule has 2 N–H and O–H groups in total. The van der Waals surface area contributed by atoms with Gasteiger partial charge in [-0.25, -0.2) is 8.78 Å². The number of alkyl halides is 2. The summed E-state index contributed by atoms with van der Waals surface area (Å²) in [6.07, 6.45) is -2.27. The predicted molar refractivity (Wildman–Crippen MR) is 68.4 cm³/mol. The topological polar surface area (TPSA) is 49.3 Å². The summed E-state index contributed by atoms with van der Waals surface area (Å²) in [5.74, 6) is 4.82. The van der Waals surface area contributed by atoms with E-state index in [4.69, 9.17) is 16.7 Å². The SMILES string of the molecule is O=C(NCC(F)F)c1ccc(C#CCCO)c(Cl)c1. The molecule has 0 aliphatic rings. The summed E-state index contributed by atoms with van der Waals surface area (Å²) in [6.45, 7) is -0.743. The first-order chi connectivity index (χ1) is 9.04. The monoisotopic (exact) mass is 287 g/mol. The molecule has 19 heavy (non-hydrogen) atoms. The molecule has 1 amide bonds. The maximum Gasteiger partial charge on any atom is 0.255 e. The van der Waals surface area contributed by atoms with Crippen molar-refractivity contribution in [2.45, 2.75) is 12.8 Å². The Labute approximate surface area is 114 Å². The van der Waals surface area contributed by atoms with Gasteiger partial charge in [0.15, 0.2) is 0 Å². The maximum atomic E-state index is 11.9. The van der Waals surface area contributed by atoms with E-state index >= 15 is 0 Å². The van der Waals surface area contributed by atoms with Gasteiger partial charge in [0.1, 0.15) is 0 Å². The van der Waals surface area contributed by atoms with Crippen LogP contribution >= 0.6 is 11.6 Å². The quantitative estimate of drug-likeness (QED) is 0.833. The molecule has 0 aromatic heterocycles. The van der Waals surface area contributed by atoms with Crippen molar-refractivity contribution in [2.24, 2.45) is 0 Å². The van der Waals surface area contributed by atoms with Crippen LogP contribution in [0.25, 0.3) is 0 Å². The number of carbonyl (C=O) groups is 1. The summed E-state index contributed by atoms with van der Waals surface area (Å²) in [4.78, 5) is 11.5. The Hall–Kier alpha value is -1.64. The van der Waals surface area contributed by atoms with Crippen LogP contribution in [0.3, 0.4) is 0 Å². The summed E-state index contributed by atoms with van der Waals surface area (Å²) in [5.41, 5.74) is 0.707. The molecule has 1 rings (SSSR count). The molecule has 0 fully saturated rings. The number of aliphatic hydroxyl groups is 1. The van der Waals surface area contributed by atoms with E-state index in [1.54, 1.807) is 0 Å². The fraction of sp³-hybridized carbons (Fsp3) is 0.308. The van der Waals surface area contributed by atoms with Crippen molar-refractivity contribution in [3.63, 3.8) is 0 Å². The third-order valence-corrected chi connectivity index (χ3v) is 2.42. The van der Waals surface area contributed by atoms with E-state index in [9.17, 15) is 13.6 Å². The van der Waals surface area contributed by atoms with Crippen molar-refractivity contribution in [3.8, 4) is 11.8 Å². The van der Waals surface area contributed by atoms with Crippen molar-refractivity contribution in [3.05, 3.63) is 34.3 Å². The zero-order valence-electron chi connectivity index (χ0n) is 9.92. The lowest BCUT2D eigenvalue weighted by molar-refractivity contribution is 0.0891. The highest BCUT2D eigenvalue weighted by molar-refractivity contribution is 6.32. The Kier molecular flexibility index (Phi) is 6.26. The van der Waals surface area contributed by atoms with Crippen molar-refractivity contribution in [1.29, 1.82) is 0 Å². The first kappa shape index (κ1) is 15.4. The van der Waals surface area contributed by atoms with Crippen LogP contribution in [0.4, 0.5) is 8.78 Å². The minimum atomic E-state index is -2.59. The first-order valence-electron chi connectivity index (χ1n) is 5.50. The zero-order valence-corrected chi connectivity index (χ0v) is 10.7. The molecule has 3 nitrogen and oxygen atoms in total. The van der Waals surface area contributed by atoms with Crippen molar-refractivity contribution in [1.82, 2.24) is 5.32 Å². The van der Waals surface area contributed by atoms with Crippen LogP contribution in [-0.4, -0.2) is 30.6 Å². The highest BCUT2D eigenvalue weighted by Crippen LogP contribution is 2.17. The summed E-state index contributed by atoms with van der Waals surface area (Å²) >= 11 is 5.92. The smallest absolute Gasteiger partial charge is 0.255 e. The molecule has 1 aromatic rings. The van der Waals surface area contributed by atoms with Crippen LogP contribution in [0.1, 0.15) is 22.3 Å². The van der Waals surface area contributed by atoms with E-state index in [0.29, 0.717) is 12.0 Å². The molecule has 0 bridgehead atoms. The molecular formula is C13H12ClF2NO2. The number of nitrogens with one attached hydrogen (secondary N) is 1. The van der Waals surface area contributed by atoms with Crippen molar-refractivity contribution in [2.75, 3.05) is 13.2 Å². The minimum absolute atomic E-state index is 0.0429. The molecule has 102 valence electrons. The van der Waals surface area contributed by atoms with Crippen LogP contribution in [0.5, 0.6) is 0 Å². The normalized spacial score (nSPS) is 9.95. The molecule has 0 heterocycles. The highest BCUT2D eigenvalue weighted by Gasteiger charge is 2.10. The van der Waals surface area contributed by atoms with Gasteiger partial charge in [0.2, 0.25) is 0 Å². The fourth-order valence-electron chi connectivity index (χ4n) is 1.24. The van der Waals surface area contributed by atoms with Crippen molar-refractivity contribution >= 4 is 17.5 Å². The largest absolute Gasteiger partial charge is 0.395 e.